The molecule has 0 aliphatic rings. The molecular weight excluding hydrogens is 519 g/mol. The molecule has 0 heterocycles. The maximum Gasteiger partial charge on any atom is 0.382 e. The van der Waals surface area contributed by atoms with Crippen LogP contribution in [0.5, 0.6) is 0 Å². The van der Waals surface area contributed by atoms with Gasteiger partial charge in [0.15, 0.2) is 0 Å². The Labute approximate surface area is 240 Å². The van der Waals surface area contributed by atoms with Crippen LogP contribution in [0.3, 0.4) is 0 Å². The lowest BCUT2D eigenvalue weighted by Gasteiger charge is -2.28. The first-order valence-corrected chi connectivity index (χ1v) is 17.4. The fraction of sp³-hybridized carbons (Fsp3) is 0.967. The second-order valence-electron chi connectivity index (χ2n) is 10.7. The van der Waals surface area contributed by atoms with E-state index in [9.17, 15) is 9.36 Å². The van der Waals surface area contributed by atoms with Gasteiger partial charge in [-0.15, -0.1) is 0 Å². The summed E-state index contributed by atoms with van der Waals surface area (Å²) >= 11 is 1.92. The third-order valence-corrected chi connectivity index (χ3v) is 8.68. The van der Waals surface area contributed by atoms with Gasteiger partial charge in [0, 0.05) is 5.25 Å². The number of ether oxygens (including phenoxy) is 2. The molecule has 0 N–H and O–H groups in total. The summed E-state index contributed by atoms with van der Waals surface area (Å²) in [4.78, 5) is 23.9. The molecule has 0 radical (unpaired) electrons. The Morgan fingerprint density at radius 2 is 1.29 bits per heavy atom. The van der Waals surface area contributed by atoms with Gasteiger partial charge in [0.1, 0.15) is 6.10 Å². The molecule has 0 bridgehead atoms. The summed E-state index contributed by atoms with van der Waals surface area (Å²) in [5.74, 6) is 0.246. The Morgan fingerprint density at radius 1 is 0.763 bits per heavy atom. The van der Waals surface area contributed by atoms with Crippen molar-refractivity contribution >= 4 is 26.2 Å². The topological polar surface area (TPSA) is 71.1 Å². The molecule has 3 unspecified atom stereocenters. The molecule has 8 heteroatoms. The molecule has 0 saturated carbocycles. The van der Waals surface area contributed by atoms with Gasteiger partial charge >= 0.3 is 11.5 Å². The molecule has 0 fully saturated rings. The van der Waals surface area contributed by atoms with E-state index < -0.39 is 20.0 Å². The lowest BCUT2D eigenvalue weighted by molar-refractivity contribution is -0.403. The van der Waals surface area contributed by atoms with Crippen LogP contribution in [-0.2, 0) is 28.6 Å². The molecule has 0 saturated heterocycles. The number of carbonyl (C=O) groups excluding carboxylic acids is 1. The first kappa shape index (κ1) is 37.8. The van der Waals surface area contributed by atoms with Crippen LogP contribution in [0, 0.1) is 0 Å². The SMILES string of the molecule is CCCCCCCCCCCCSC(CCCCCCC)C(C)OOC(OCCC)(P=O)C(=O)OC(C)C. The van der Waals surface area contributed by atoms with Crippen molar-refractivity contribution in [2.75, 3.05) is 12.4 Å². The minimum Gasteiger partial charge on any atom is -0.458 e. The average Bonchev–Trinajstić information content (AvgIpc) is 2.90. The lowest BCUT2D eigenvalue weighted by atomic mass is 10.1. The fourth-order valence-electron chi connectivity index (χ4n) is 4.15. The van der Waals surface area contributed by atoms with E-state index in [0.29, 0.717) is 6.42 Å². The standard InChI is InChI=1S/C30H59O6PS/c1-7-10-12-14-15-16-17-18-20-22-25-38-28(23-21-19-13-11-8-2)27(6)35-36-30(37-32,33-24-9-3)29(31)34-26(4)5/h26-28H,7-25H2,1-6H3. The van der Waals surface area contributed by atoms with Gasteiger partial charge in [0.05, 0.1) is 12.7 Å². The van der Waals surface area contributed by atoms with Crippen LogP contribution < -0.4 is 0 Å². The average molecular weight is 579 g/mol. The molecular formula is C30H59O6PS. The Bertz CT molecular complexity index is 565. The van der Waals surface area contributed by atoms with Crippen molar-refractivity contribution in [3.8, 4) is 0 Å². The van der Waals surface area contributed by atoms with Crippen LogP contribution in [0.25, 0.3) is 0 Å². The van der Waals surface area contributed by atoms with E-state index in [1.807, 2.05) is 25.6 Å². The molecule has 0 aliphatic carbocycles. The van der Waals surface area contributed by atoms with E-state index in [2.05, 4.69) is 13.8 Å². The van der Waals surface area contributed by atoms with Gasteiger partial charge in [0.25, 0.3) is 0 Å². The van der Waals surface area contributed by atoms with Gasteiger partial charge in [-0.3, -0.25) is 4.57 Å². The quantitative estimate of drug-likeness (QED) is 0.0228. The molecule has 226 valence electrons. The van der Waals surface area contributed by atoms with Crippen molar-refractivity contribution < 1.29 is 28.6 Å². The normalized spacial score (nSPS) is 15.0. The Hall–Kier alpha value is -0.200. The van der Waals surface area contributed by atoms with Crippen LogP contribution in [0.2, 0.25) is 0 Å². The van der Waals surface area contributed by atoms with Crippen LogP contribution in [0.15, 0.2) is 0 Å². The predicted molar refractivity (Wildman–Crippen MR) is 161 cm³/mol. The predicted octanol–water partition coefficient (Wildman–Crippen LogP) is 10.0. The lowest BCUT2D eigenvalue weighted by Crippen LogP contribution is -2.43. The second kappa shape index (κ2) is 25.7. The summed E-state index contributed by atoms with van der Waals surface area (Å²) in [5, 5.41) is 0.225. The van der Waals surface area contributed by atoms with Gasteiger partial charge in [0.2, 0.25) is 8.46 Å². The highest BCUT2D eigenvalue weighted by atomic mass is 32.2. The van der Waals surface area contributed by atoms with Crippen molar-refractivity contribution in [3.05, 3.63) is 0 Å². The number of hydrogen-bond donors (Lipinski definition) is 0. The number of unbranched alkanes of at least 4 members (excludes halogenated alkanes) is 13. The Kier molecular flexibility index (Phi) is 25.6. The van der Waals surface area contributed by atoms with Gasteiger partial charge in [-0.2, -0.15) is 16.6 Å². The first-order chi connectivity index (χ1) is 18.4. The monoisotopic (exact) mass is 578 g/mol. The van der Waals surface area contributed by atoms with E-state index >= 15 is 0 Å². The highest BCUT2D eigenvalue weighted by Gasteiger charge is 2.47. The Balaban J connectivity index is 4.78. The first-order valence-electron chi connectivity index (χ1n) is 15.5. The fourth-order valence-corrected chi connectivity index (χ4v) is 5.82. The summed E-state index contributed by atoms with van der Waals surface area (Å²) in [6.07, 6.45) is 20.4. The third-order valence-electron chi connectivity index (χ3n) is 6.48. The van der Waals surface area contributed by atoms with E-state index in [4.69, 9.17) is 19.2 Å². The number of thioether (sulfide) groups is 1. The van der Waals surface area contributed by atoms with E-state index in [0.717, 1.165) is 18.6 Å². The molecule has 3 atom stereocenters. The summed E-state index contributed by atoms with van der Waals surface area (Å²) in [6, 6.07) is 0. The maximum absolute atomic E-state index is 12.7. The van der Waals surface area contributed by atoms with Gasteiger partial charge in [-0.1, -0.05) is 111 Å². The smallest absolute Gasteiger partial charge is 0.382 e. The van der Waals surface area contributed by atoms with Crippen molar-refractivity contribution in [3.63, 3.8) is 0 Å². The van der Waals surface area contributed by atoms with Crippen LogP contribution >= 0.6 is 20.2 Å². The number of carbonyl (C=O) groups is 1. The second-order valence-corrected chi connectivity index (χ2v) is 12.8. The highest BCUT2D eigenvalue weighted by Crippen LogP contribution is 2.32. The summed E-state index contributed by atoms with van der Waals surface area (Å²) in [7, 11) is -0.638. The summed E-state index contributed by atoms with van der Waals surface area (Å²) < 4.78 is 22.9. The van der Waals surface area contributed by atoms with Crippen LogP contribution in [0.4, 0.5) is 0 Å². The molecule has 0 amide bonds. The highest BCUT2D eigenvalue weighted by molar-refractivity contribution is 7.99. The maximum atomic E-state index is 12.7. The number of rotatable bonds is 28. The van der Waals surface area contributed by atoms with Crippen molar-refractivity contribution in [2.45, 2.75) is 174 Å². The molecule has 0 aromatic heterocycles. The van der Waals surface area contributed by atoms with Crippen molar-refractivity contribution in [1.82, 2.24) is 0 Å². The zero-order chi connectivity index (χ0) is 28.5. The van der Waals surface area contributed by atoms with Gasteiger partial charge in [-0.25, -0.2) is 9.68 Å². The van der Waals surface area contributed by atoms with Crippen LogP contribution in [0.1, 0.15) is 151 Å². The molecule has 38 heavy (non-hydrogen) atoms. The Morgan fingerprint density at radius 3 is 1.79 bits per heavy atom. The molecule has 0 spiro atoms. The molecule has 0 aromatic rings. The van der Waals surface area contributed by atoms with Gasteiger partial charge in [-0.05, 0) is 45.8 Å². The minimum absolute atomic E-state index is 0.203. The van der Waals surface area contributed by atoms with E-state index in [1.54, 1.807) is 13.8 Å². The number of hydrogen-bond acceptors (Lipinski definition) is 7. The van der Waals surface area contributed by atoms with Crippen LogP contribution in [-0.4, -0.2) is 41.3 Å². The largest absolute Gasteiger partial charge is 0.458 e. The third kappa shape index (κ3) is 19.0. The summed E-state index contributed by atoms with van der Waals surface area (Å²) in [6.45, 7) is 12.0. The van der Waals surface area contributed by atoms with E-state index in [1.165, 1.54) is 89.9 Å². The summed E-state index contributed by atoms with van der Waals surface area (Å²) in [5.41, 5.74) is -2.10. The zero-order valence-corrected chi connectivity index (χ0v) is 27.2. The molecule has 0 aromatic carbocycles. The molecule has 6 nitrogen and oxygen atoms in total. The molecule has 0 rings (SSSR count). The van der Waals surface area contributed by atoms with E-state index in [-0.39, 0.29) is 24.1 Å². The van der Waals surface area contributed by atoms with Gasteiger partial charge < -0.3 is 9.47 Å². The minimum atomic E-state index is -2.10. The molecule has 0 aliphatic heterocycles. The van der Waals surface area contributed by atoms with Crippen molar-refractivity contribution in [2.24, 2.45) is 0 Å². The van der Waals surface area contributed by atoms with Crippen molar-refractivity contribution in [1.29, 1.82) is 0 Å². The number of esters is 1. The zero-order valence-electron chi connectivity index (χ0n) is 25.5.